The van der Waals surface area contributed by atoms with Crippen molar-refractivity contribution in [2.24, 2.45) is 0 Å². The van der Waals surface area contributed by atoms with Crippen molar-refractivity contribution in [3.8, 4) is 0 Å². The van der Waals surface area contributed by atoms with Crippen LogP contribution in [0.2, 0.25) is 0 Å². The number of halogens is 3. The summed E-state index contributed by atoms with van der Waals surface area (Å²) in [5.74, 6) is 0.229. The molecule has 0 aliphatic carbocycles. The molecule has 7 heteroatoms. The van der Waals surface area contributed by atoms with E-state index in [1.807, 2.05) is 23.9 Å². The zero-order chi connectivity index (χ0) is 14.9. The van der Waals surface area contributed by atoms with Crippen LogP contribution >= 0.6 is 0 Å². The van der Waals surface area contributed by atoms with E-state index in [-0.39, 0.29) is 11.9 Å². The summed E-state index contributed by atoms with van der Waals surface area (Å²) in [5, 5.41) is 0. The zero-order valence-corrected chi connectivity index (χ0v) is 11.6. The van der Waals surface area contributed by atoms with Gasteiger partial charge in [-0.1, -0.05) is 0 Å². The molecule has 1 saturated heterocycles. The van der Waals surface area contributed by atoms with Crippen LogP contribution < -0.4 is 10.6 Å². The number of hydrogen-bond donors (Lipinski definition) is 1. The van der Waals surface area contributed by atoms with Gasteiger partial charge in [-0.15, -0.1) is 0 Å². The fourth-order valence-electron chi connectivity index (χ4n) is 2.60. The lowest BCUT2D eigenvalue weighted by Gasteiger charge is -2.28. The van der Waals surface area contributed by atoms with E-state index in [0.29, 0.717) is 12.4 Å². The Bertz CT molecular complexity index is 473. The first-order valence-corrected chi connectivity index (χ1v) is 6.53. The number of hydrogen-bond acceptors (Lipinski definition) is 4. The minimum atomic E-state index is -4.40. The highest BCUT2D eigenvalue weighted by Gasteiger charge is 2.33. The average molecular weight is 288 g/mol. The Hall–Kier alpha value is -1.50. The van der Waals surface area contributed by atoms with E-state index in [9.17, 15) is 13.2 Å². The van der Waals surface area contributed by atoms with E-state index in [2.05, 4.69) is 4.98 Å². The van der Waals surface area contributed by atoms with Gasteiger partial charge in [-0.3, -0.25) is 0 Å². The number of alkyl halides is 3. The fraction of sp³-hybridized carbons (Fsp3) is 0.615. The van der Waals surface area contributed by atoms with Crippen LogP contribution in [0.3, 0.4) is 0 Å². The summed E-state index contributed by atoms with van der Waals surface area (Å²) in [6, 6.07) is 2.14. The highest BCUT2D eigenvalue weighted by Crippen LogP contribution is 2.34. The van der Waals surface area contributed by atoms with Crippen LogP contribution in [0, 0.1) is 0 Å². The average Bonchev–Trinajstić information content (AvgIpc) is 2.74. The predicted molar refractivity (Wildman–Crippen MR) is 72.6 cm³/mol. The third kappa shape index (κ3) is 3.33. The van der Waals surface area contributed by atoms with Crippen molar-refractivity contribution in [1.29, 1.82) is 0 Å². The van der Waals surface area contributed by atoms with Crippen LogP contribution in [0.25, 0.3) is 0 Å². The molecule has 1 unspecified atom stereocenters. The molecule has 1 fully saturated rings. The molecule has 2 N–H and O–H groups in total. The lowest BCUT2D eigenvalue weighted by atomic mass is 10.2. The lowest BCUT2D eigenvalue weighted by molar-refractivity contribution is -0.137. The molecule has 1 aromatic rings. The summed E-state index contributed by atoms with van der Waals surface area (Å²) >= 11 is 0. The van der Waals surface area contributed by atoms with Gasteiger partial charge in [-0.25, -0.2) is 4.98 Å². The van der Waals surface area contributed by atoms with E-state index in [4.69, 9.17) is 5.73 Å². The molecule has 0 radical (unpaired) electrons. The Morgan fingerprint density at radius 3 is 2.70 bits per heavy atom. The van der Waals surface area contributed by atoms with Crippen LogP contribution in [0.5, 0.6) is 0 Å². The number of anilines is 2. The molecule has 0 aromatic carbocycles. The van der Waals surface area contributed by atoms with Gasteiger partial charge in [-0.2, -0.15) is 13.2 Å². The van der Waals surface area contributed by atoms with Crippen molar-refractivity contribution < 1.29 is 13.2 Å². The number of nitrogen functional groups attached to an aromatic ring is 1. The molecule has 4 nitrogen and oxygen atoms in total. The number of rotatable bonds is 3. The topological polar surface area (TPSA) is 45.4 Å². The van der Waals surface area contributed by atoms with Gasteiger partial charge in [0.05, 0.1) is 5.56 Å². The zero-order valence-electron chi connectivity index (χ0n) is 11.6. The molecule has 1 aromatic heterocycles. The van der Waals surface area contributed by atoms with Gasteiger partial charge in [0.1, 0.15) is 11.6 Å². The first-order valence-electron chi connectivity index (χ1n) is 6.53. The maximum absolute atomic E-state index is 12.8. The predicted octanol–water partition coefficient (Wildman–Crippen LogP) is 2.21. The number of nitrogens with two attached hydrogens (primary N) is 1. The maximum atomic E-state index is 12.8. The molecule has 0 amide bonds. The normalized spacial score (nSPS) is 19.9. The Labute approximate surface area is 116 Å². The first-order chi connectivity index (χ1) is 9.27. The molecule has 1 atom stereocenters. The van der Waals surface area contributed by atoms with Crippen molar-refractivity contribution in [1.82, 2.24) is 9.88 Å². The summed E-state index contributed by atoms with van der Waals surface area (Å²) in [4.78, 5) is 8.02. The maximum Gasteiger partial charge on any atom is 0.416 e. The third-order valence-corrected chi connectivity index (χ3v) is 3.41. The molecule has 0 bridgehead atoms. The number of nitrogens with zero attached hydrogens (tertiary/aromatic N) is 3. The molecule has 20 heavy (non-hydrogen) atoms. The molecule has 2 rings (SSSR count). The molecule has 0 spiro atoms. The summed E-state index contributed by atoms with van der Waals surface area (Å²) in [6.45, 7) is 1.50. The van der Waals surface area contributed by atoms with E-state index in [1.54, 1.807) is 0 Å². The molecule has 2 heterocycles. The van der Waals surface area contributed by atoms with Gasteiger partial charge in [0.2, 0.25) is 0 Å². The van der Waals surface area contributed by atoms with Crippen LogP contribution in [0.1, 0.15) is 18.4 Å². The van der Waals surface area contributed by atoms with Crippen LogP contribution in [0.4, 0.5) is 24.8 Å². The molecule has 112 valence electrons. The van der Waals surface area contributed by atoms with Gasteiger partial charge in [0.15, 0.2) is 0 Å². The summed E-state index contributed by atoms with van der Waals surface area (Å²) in [7, 11) is 3.90. The van der Waals surface area contributed by atoms with Crippen LogP contribution in [0.15, 0.2) is 12.1 Å². The highest BCUT2D eigenvalue weighted by atomic mass is 19.4. The Morgan fingerprint density at radius 1 is 1.40 bits per heavy atom. The summed E-state index contributed by atoms with van der Waals surface area (Å²) in [6.07, 6.45) is -2.49. The summed E-state index contributed by atoms with van der Waals surface area (Å²) in [5.41, 5.74) is 4.78. The van der Waals surface area contributed by atoms with Gasteiger partial charge in [0, 0.05) is 19.1 Å². The fourth-order valence-corrected chi connectivity index (χ4v) is 2.60. The van der Waals surface area contributed by atoms with Crippen molar-refractivity contribution in [2.75, 3.05) is 37.8 Å². The van der Waals surface area contributed by atoms with Crippen molar-refractivity contribution in [3.05, 3.63) is 17.7 Å². The minimum absolute atomic E-state index is 0.0923. The summed E-state index contributed by atoms with van der Waals surface area (Å²) < 4.78 is 38.5. The second kappa shape index (κ2) is 5.47. The minimum Gasteiger partial charge on any atom is -0.384 e. The molecular formula is C13H19F3N4. The van der Waals surface area contributed by atoms with E-state index in [0.717, 1.165) is 31.5 Å². The number of likely N-dealkylation sites (N-methyl/N-ethyl adjacent to an activating group) is 1. The van der Waals surface area contributed by atoms with Crippen molar-refractivity contribution in [2.45, 2.75) is 25.1 Å². The Kier molecular flexibility index (Phi) is 4.08. The van der Waals surface area contributed by atoms with Gasteiger partial charge in [-0.05, 0) is 39.1 Å². The van der Waals surface area contributed by atoms with Crippen molar-refractivity contribution >= 4 is 11.6 Å². The van der Waals surface area contributed by atoms with E-state index < -0.39 is 11.7 Å². The Morgan fingerprint density at radius 2 is 2.10 bits per heavy atom. The van der Waals surface area contributed by atoms with Crippen LogP contribution in [-0.2, 0) is 6.18 Å². The smallest absolute Gasteiger partial charge is 0.384 e. The second-order valence-corrected chi connectivity index (χ2v) is 5.39. The van der Waals surface area contributed by atoms with Gasteiger partial charge >= 0.3 is 6.18 Å². The SMILES string of the molecule is CN(C)CC1CCCN1c1cc(C(F)(F)F)cc(N)n1. The second-order valence-electron chi connectivity index (χ2n) is 5.39. The lowest BCUT2D eigenvalue weighted by Crippen LogP contribution is -2.38. The van der Waals surface area contributed by atoms with E-state index >= 15 is 0 Å². The van der Waals surface area contributed by atoms with Crippen molar-refractivity contribution in [3.63, 3.8) is 0 Å². The molecule has 1 aliphatic heterocycles. The van der Waals surface area contributed by atoms with Gasteiger partial charge in [0.25, 0.3) is 0 Å². The molecule has 1 aliphatic rings. The quantitative estimate of drug-likeness (QED) is 0.926. The highest BCUT2D eigenvalue weighted by molar-refractivity contribution is 5.50. The van der Waals surface area contributed by atoms with E-state index in [1.165, 1.54) is 0 Å². The third-order valence-electron chi connectivity index (χ3n) is 3.41. The number of pyridine rings is 1. The first kappa shape index (κ1) is 14.9. The molecular weight excluding hydrogens is 269 g/mol. The monoisotopic (exact) mass is 288 g/mol. The van der Waals surface area contributed by atoms with Gasteiger partial charge < -0.3 is 15.5 Å². The Balaban J connectivity index is 2.30. The number of aromatic nitrogens is 1. The largest absolute Gasteiger partial charge is 0.416 e. The molecule has 0 saturated carbocycles. The van der Waals surface area contributed by atoms with Crippen LogP contribution in [-0.4, -0.2) is 43.1 Å². The standard InChI is InChI=1S/C13H19F3N4/c1-19(2)8-10-4-3-5-20(10)12-7-9(13(14,15)16)6-11(17)18-12/h6-7,10H,3-5,8H2,1-2H3,(H2,17,18).